The number of carbonyl (C=O) groups excluding carboxylic acids is 1. The highest BCUT2D eigenvalue weighted by molar-refractivity contribution is 7.18. The summed E-state index contributed by atoms with van der Waals surface area (Å²) < 4.78 is 1.21. The number of aromatic nitrogens is 1. The molecule has 0 saturated carbocycles. The van der Waals surface area contributed by atoms with E-state index in [9.17, 15) is 4.79 Å². The van der Waals surface area contributed by atoms with Crippen LogP contribution in [0.1, 0.15) is 30.3 Å². The first-order chi connectivity index (χ1) is 11.2. The first kappa shape index (κ1) is 15.7. The zero-order valence-electron chi connectivity index (χ0n) is 13.2. The van der Waals surface area contributed by atoms with Crippen molar-refractivity contribution in [3.63, 3.8) is 0 Å². The number of aryl methyl sites for hydroxylation is 2. The molecule has 118 valence electrons. The Balaban J connectivity index is 1.50. The van der Waals surface area contributed by atoms with Gasteiger partial charge in [-0.15, -0.1) is 11.3 Å². The van der Waals surface area contributed by atoms with Gasteiger partial charge in [-0.2, -0.15) is 0 Å². The largest absolute Gasteiger partial charge is 0.326 e. The van der Waals surface area contributed by atoms with Gasteiger partial charge in [0.15, 0.2) is 0 Å². The van der Waals surface area contributed by atoms with Crippen molar-refractivity contribution in [1.82, 2.24) is 4.98 Å². The van der Waals surface area contributed by atoms with E-state index in [1.165, 1.54) is 10.3 Å². The summed E-state index contributed by atoms with van der Waals surface area (Å²) in [5, 5.41) is 4.08. The first-order valence-corrected chi connectivity index (χ1v) is 8.79. The van der Waals surface area contributed by atoms with E-state index in [0.717, 1.165) is 35.5 Å². The average molecular weight is 324 g/mol. The number of thiazole rings is 1. The number of hydrogen-bond acceptors (Lipinski definition) is 3. The molecule has 0 aliphatic heterocycles. The molecule has 0 atom stereocenters. The van der Waals surface area contributed by atoms with Gasteiger partial charge in [-0.25, -0.2) is 4.98 Å². The van der Waals surface area contributed by atoms with Gasteiger partial charge < -0.3 is 5.32 Å². The molecular weight excluding hydrogens is 304 g/mol. The van der Waals surface area contributed by atoms with E-state index in [2.05, 4.69) is 29.4 Å². The van der Waals surface area contributed by atoms with Crippen LogP contribution in [0.4, 0.5) is 5.69 Å². The third-order valence-electron chi connectivity index (χ3n) is 3.75. The van der Waals surface area contributed by atoms with Crippen LogP contribution in [0.2, 0.25) is 0 Å². The minimum absolute atomic E-state index is 0.0689. The number of amides is 1. The van der Waals surface area contributed by atoms with Crippen LogP contribution in [0.15, 0.2) is 48.5 Å². The number of anilines is 1. The van der Waals surface area contributed by atoms with Gasteiger partial charge in [-0.3, -0.25) is 4.79 Å². The molecule has 0 spiro atoms. The Hall–Kier alpha value is -2.20. The molecule has 0 aliphatic rings. The summed E-state index contributed by atoms with van der Waals surface area (Å²) in [6, 6.07) is 16.2. The van der Waals surface area contributed by atoms with Gasteiger partial charge in [-0.05, 0) is 49.1 Å². The molecule has 0 bridgehead atoms. The Labute approximate surface area is 140 Å². The van der Waals surface area contributed by atoms with Crippen molar-refractivity contribution in [2.24, 2.45) is 0 Å². The van der Waals surface area contributed by atoms with E-state index in [-0.39, 0.29) is 5.91 Å². The highest BCUT2D eigenvalue weighted by Gasteiger charge is 2.06. The van der Waals surface area contributed by atoms with E-state index >= 15 is 0 Å². The maximum Gasteiger partial charge on any atom is 0.224 e. The van der Waals surface area contributed by atoms with Crippen LogP contribution in [0.3, 0.4) is 0 Å². The number of hydrogen-bond donors (Lipinski definition) is 1. The van der Waals surface area contributed by atoms with Gasteiger partial charge in [-0.1, -0.05) is 31.2 Å². The fourth-order valence-electron chi connectivity index (χ4n) is 2.52. The lowest BCUT2D eigenvalue weighted by Gasteiger charge is -2.06. The molecule has 0 saturated heterocycles. The van der Waals surface area contributed by atoms with Gasteiger partial charge in [0.25, 0.3) is 0 Å². The lowest BCUT2D eigenvalue weighted by molar-refractivity contribution is -0.116. The summed E-state index contributed by atoms with van der Waals surface area (Å²) in [6.07, 6.45) is 3.16. The predicted octanol–water partition coefficient (Wildman–Crippen LogP) is 4.82. The minimum atomic E-state index is 0.0689. The molecule has 3 rings (SSSR count). The van der Waals surface area contributed by atoms with Gasteiger partial charge in [0.05, 0.1) is 15.2 Å². The minimum Gasteiger partial charge on any atom is -0.326 e. The van der Waals surface area contributed by atoms with Crippen molar-refractivity contribution in [2.45, 2.75) is 32.6 Å². The van der Waals surface area contributed by atoms with Crippen LogP contribution in [-0.2, 0) is 17.6 Å². The van der Waals surface area contributed by atoms with Gasteiger partial charge in [0.1, 0.15) is 0 Å². The highest BCUT2D eigenvalue weighted by atomic mass is 32.1. The van der Waals surface area contributed by atoms with Crippen molar-refractivity contribution >= 4 is 33.1 Å². The molecule has 1 heterocycles. The normalized spacial score (nSPS) is 10.8. The third-order valence-corrected chi connectivity index (χ3v) is 4.85. The van der Waals surface area contributed by atoms with Crippen molar-refractivity contribution < 1.29 is 4.79 Å². The second kappa shape index (κ2) is 7.38. The van der Waals surface area contributed by atoms with Crippen LogP contribution < -0.4 is 5.32 Å². The fourth-order valence-corrected chi connectivity index (χ4v) is 3.53. The second-order valence-corrected chi connectivity index (χ2v) is 6.65. The Morgan fingerprint density at radius 3 is 2.87 bits per heavy atom. The van der Waals surface area contributed by atoms with Gasteiger partial charge in [0, 0.05) is 12.1 Å². The summed E-state index contributed by atoms with van der Waals surface area (Å²) in [7, 11) is 0. The predicted molar refractivity (Wildman–Crippen MR) is 97.0 cm³/mol. The zero-order chi connectivity index (χ0) is 16.1. The van der Waals surface area contributed by atoms with Crippen LogP contribution in [0, 0.1) is 0 Å². The third kappa shape index (κ3) is 4.17. The first-order valence-electron chi connectivity index (χ1n) is 7.98. The summed E-state index contributed by atoms with van der Waals surface area (Å²) in [5.74, 6) is 0.0689. The number of para-hydroxylation sites is 1. The van der Waals surface area contributed by atoms with E-state index in [1.807, 2.05) is 36.4 Å². The summed E-state index contributed by atoms with van der Waals surface area (Å²) >= 11 is 1.72. The topological polar surface area (TPSA) is 42.0 Å². The van der Waals surface area contributed by atoms with E-state index in [0.29, 0.717) is 6.42 Å². The van der Waals surface area contributed by atoms with Crippen molar-refractivity contribution in [1.29, 1.82) is 0 Å². The fraction of sp³-hybridized carbons (Fsp3) is 0.263. The zero-order valence-corrected chi connectivity index (χ0v) is 14.0. The van der Waals surface area contributed by atoms with E-state index in [4.69, 9.17) is 0 Å². The Kier molecular flexibility index (Phi) is 5.03. The van der Waals surface area contributed by atoms with Gasteiger partial charge >= 0.3 is 0 Å². The average Bonchev–Trinajstić information content (AvgIpc) is 2.97. The van der Waals surface area contributed by atoms with Crippen LogP contribution in [0.25, 0.3) is 10.2 Å². The molecule has 0 radical (unpaired) electrons. The van der Waals surface area contributed by atoms with Crippen molar-refractivity contribution in [3.05, 3.63) is 59.1 Å². The van der Waals surface area contributed by atoms with Crippen LogP contribution in [-0.4, -0.2) is 10.9 Å². The van der Waals surface area contributed by atoms with E-state index in [1.54, 1.807) is 11.3 Å². The number of rotatable bonds is 6. The Morgan fingerprint density at radius 2 is 2.04 bits per heavy atom. The molecule has 1 N–H and O–H groups in total. The molecule has 0 unspecified atom stereocenters. The lowest BCUT2D eigenvalue weighted by atomic mass is 10.1. The summed E-state index contributed by atoms with van der Waals surface area (Å²) in [4.78, 5) is 16.6. The molecule has 3 aromatic rings. The molecule has 0 aliphatic carbocycles. The molecule has 4 heteroatoms. The van der Waals surface area contributed by atoms with Crippen molar-refractivity contribution in [3.8, 4) is 0 Å². The molecular formula is C19H20N2OS. The molecule has 1 aromatic heterocycles. The quantitative estimate of drug-likeness (QED) is 0.706. The number of nitrogens with one attached hydrogen (secondary N) is 1. The maximum absolute atomic E-state index is 12.0. The second-order valence-electron chi connectivity index (χ2n) is 5.53. The molecule has 23 heavy (non-hydrogen) atoms. The summed E-state index contributed by atoms with van der Waals surface area (Å²) in [5.41, 5.74) is 3.17. The number of fused-ring (bicyclic) bond motifs is 1. The molecule has 3 nitrogen and oxygen atoms in total. The van der Waals surface area contributed by atoms with Crippen LogP contribution >= 0.6 is 11.3 Å². The molecule has 2 aromatic carbocycles. The Morgan fingerprint density at radius 1 is 1.17 bits per heavy atom. The highest BCUT2D eigenvalue weighted by Crippen LogP contribution is 2.22. The lowest BCUT2D eigenvalue weighted by Crippen LogP contribution is -2.11. The van der Waals surface area contributed by atoms with Crippen molar-refractivity contribution in [2.75, 3.05) is 5.32 Å². The standard InChI is InChI=1S/C19H20N2OS/c1-2-14-7-5-8-15(13-14)20-18(22)11-6-12-19-21-16-9-3-4-10-17(16)23-19/h3-5,7-10,13H,2,6,11-12H2,1H3,(H,20,22). The number of carbonyl (C=O) groups is 1. The number of nitrogens with zero attached hydrogens (tertiary/aromatic N) is 1. The SMILES string of the molecule is CCc1cccc(NC(=O)CCCc2nc3ccccc3s2)c1. The molecule has 0 fully saturated rings. The Bertz CT molecular complexity index is 777. The van der Waals surface area contributed by atoms with Gasteiger partial charge in [0.2, 0.25) is 5.91 Å². The monoisotopic (exact) mass is 324 g/mol. The maximum atomic E-state index is 12.0. The summed E-state index contributed by atoms with van der Waals surface area (Å²) in [6.45, 7) is 2.11. The number of benzene rings is 2. The smallest absolute Gasteiger partial charge is 0.224 e. The molecule has 1 amide bonds. The van der Waals surface area contributed by atoms with Crippen LogP contribution in [0.5, 0.6) is 0 Å². The van der Waals surface area contributed by atoms with E-state index < -0.39 is 0 Å².